The lowest BCUT2D eigenvalue weighted by Gasteiger charge is -2.22. The summed E-state index contributed by atoms with van der Waals surface area (Å²) >= 11 is 1.61. The van der Waals surface area contributed by atoms with Gasteiger partial charge in [-0.15, -0.1) is 11.3 Å². The Morgan fingerprint density at radius 2 is 1.81 bits per heavy atom. The maximum atomic E-state index is 12.0. The van der Waals surface area contributed by atoms with Crippen LogP contribution in [0, 0.1) is 6.92 Å². The average Bonchev–Trinajstić information content (AvgIpc) is 3.05. The molecule has 0 aliphatic heterocycles. The van der Waals surface area contributed by atoms with Crippen LogP contribution in [0.5, 0.6) is 0 Å². The molecule has 1 heterocycles. The Morgan fingerprint density at radius 3 is 2.48 bits per heavy atom. The number of carbonyl (C=O) groups excluding carboxylic acids is 2. The zero-order valence-electron chi connectivity index (χ0n) is 15.4. The number of hydrogen-bond donors (Lipinski definition) is 3. The minimum Gasteiger partial charge on any atom is -0.394 e. The van der Waals surface area contributed by atoms with Gasteiger partial charge in [0.05, 0.1) is 22.4 Å². The highest BCUT2D eigenvalue weighted by atomic mass is 32.1. The van der Waals surface area contributed by atoms with Gasteiger partial charge in [0.2, 0.25) is 0 Å². The molecule has 0 unspecified atom stereocenters. The summed E-state index contributed by atoms with van der Waals surface area (Å²) in [5, 5.41) is 15.1. The number of aliphatic hydroxyl groups is 1. The number of anilines is 1. The Balaban J connectivity index is 1.71. The third-order valence-corrected chi connectivity index (χ3v) is 5.05. The summed E-state index contributed by atoms with van der Waals surface area (Å²) < 4.78 is 1.13. The van der Waals surface area contributed by atoms with E-state index in [1.165, 1.54) is 5.56 Å². The molecule has 1 aromatic heterocycles. The molecular weight excluding hydrogens is 362 g/mol. The minimum absolute atomic E-state index is 0.261. The van der Waals surface area contributed by atoms with E-state index >= 15 is 0 Å². The van der Waals surface area contributed by atoms with Crippen molar-refractivity contribution in [3.63, 3.8) is 0 Å². The summed E-state index contributed by atoms with van der Waals surface area (Å²) in [6.07, 6.45) is 0. The van der Waals surface area contributed by atoms with Gasteiger partial charge in [-0.1, -0.05) is 6.07 Å². The van der Waals surface area contributed by atoms with Gasteiger partial charge in [0, 0.05) is 11.3 Å². The van der Waals surface area contributed by atoms with E-state index in [-0.39, 0.29) is 6.61 Å². The Morgan fingerprint density at radius 1 is 1.11 bits per heavy atom. The van der Waals surface area contributed by atoms with Crippen molar-refractivity contribution in [2.45, 2.75) is 26.3 Å². The molecule has 2 amide bonds. The fraction of sp³-hybridized carbons (Fsp3) is 0.250. The SMILES string of the molecule is Cc1ccc2nc(-c3ccc(NC(=O)C(=O)NC(C)(C)CO)cc3)sc2c1. The van der Waals surface area contributed by atoms with E-state index < -0.39 is 17.4 Å². The Bertz CT molecular complexity index is 993. The molecular formula is C20H21N3O3S. The number of hydrogen-bond acceptors (Lipinski definition) is 5. The lowest BCUT2D eigenvalue weighted by Crippen LogP contribution is -2.50. The minimum atomic E-state index is -0.858. The molecule has 0 atom stereocenters. The number of fused-ring (bicyclic) bond motifs is 1. The van der Waals surface area contributed by atoms with Crippen molar-refractivity contribution in [1.82, 2.24) is 10.3 Å². The number of aryl methyl sites for hydroxylation is 1. The maximum absolute atomic E-state index is 12.0. The molecule has 3 rings (SSSR count). The van der Waals surface area contributed by atoms with Gasteiger partial charge in [-0.05, 0) is 62.7 Å². The van der Waals surface area contributed by atoms with E-state index in [2.05, 4.69) is 21.7 Å². The highest BCUT2D eigenvalue weighted by Gasteiger charge is 2.23. The average molecular weight is 383 g/mol. The first-order valence-corrected chi connectivity index (χ1v) is 9.31. The van der Waals surface area contributed by atoms with Gasteiger partial charge in [-0.3, -0.25) is 9.59 Å². The highest BCUT2D eigenvalue weighted by molar-refractivity contribution is 7.21. The van der Waals surface area contributed by atoms with E-state index in [0.29, 0.717) is 5.69 Å². The molecule has 7 heteroatoms. The number of carbonyl (C=O) groups is 2. The van der Waals surface area contributed by atoms with Crippen molar-refractivity contribution >= 4 is 39.1 Å². The molecule has 140 valence electrons. The second kappa shape index (κ2) is 7.46. The first kappa shape index (κ1) is 19.0. The van der Waals surface area contributed by atoms with Crippen LogP contribution in [0.4, 0.5) is 5.69 Å². The van der Waals surface area contributed by atoms with Gasteiger partial charge >= 0.3 is 11.8 Å². The van der Waals surface area contributed by atoms with Crippen LogP contribution in [0.2, 0.25) is 0 Å². The number of aromatic nitrogens is 1. The predicted octanol–water partition coefficient (Wildman–Crippen LogP) is 3.10. The number of rotatable bonds is 4. The first-order chi connectivity index (χ1) is 12.8. The summed E-state index contributed by atoms with van der Waals surface area (Å²) in [5.74, 6) is -1.57. The molecule has 3 N–H and O–H groups in total. The summed E-state index contributed by atoms with van der Waals surface area (Å²) in [4.78, 5) is 28.5. The normalized spacial score (nSPS) is 11.4. The molecule has 0 aliphatic rings. The van der Waals surface area contributed by atoms with Crippen LogP contribution in [0.25, 0.3) is 20.8 Å². The fourth-order valence-electron chi connectivity index (χ4n) is 2.44. The number of aliphatic hydroxyl groups excluding tert-OH is 1. The smallest absolute Gasteiger partial charge is 0.313 e. The number of benzene rings is 2. The molecule has 6 nitrogen and oxygen atoms in total. The molecule has 0 saturated heterocycles. The van der Waals surface area contributed by atoms with Gasteiger partial charge in [-0.25, -0.2) is 4.98 Å². The third-order valence-electron chi connectivity index (χ3n) is 3.99. The van der Waals surface area contributed by atoms with Crippen LogP contribution in [0.3, 0.4) is 0 Å². The zero-order chi connectivity index (χ0) is 19.6. The van der Waals surface area contributed by atoms with Crippen molar-refractivity contribution in [2.24, 2.45) is 0 Å². The van der Waals surface area contributed by atoms with Gasteiger partial charge in [0.1, 0.15) is 5.01 Å². The van der Waals surface area contributed by atoms with E-state index in [1.807, 2.05) is 31.2 Å². The zero-order valence-corrected chi connectivity index (χ0v) is 16.2. The van der Waals surface area contributed by atoms with Gasteiger partial charge in [0.15, 0.2) is 0 Å². The van der Waals surface area contributed by atoms with E-state index in [0.717, 1.165) is 20.8 Å². The monoisotopic (exact) mass is 383 g/mol. The quantitative estimate of drug-likeness (QED) is 0.604. The molecule has 0 bridgehead atoms. The Labute approximate surface area is 161 Å². The number of nitrogens with zero attached hydrogens (tertiary/aromatic N) is 1. The van der Waals surface area contributed by atoms with Crippen LogP contribution in [-0.2, 0) is 9.59 Å². The van der Waals surface area contributed by atoms with Crippen LogP contribution >= 0.6 is 11.3 Å². The third kappa shape index (κ3) is 4.50. The molecule has 0 spiro atoms. The molecule has 27 heavy (non-hydrogen) atoms. The summed E-state index contributed by atoms with van der Waals surface area (Å²) in [6.45, 7) is 5.05. The number of nitrogens with one attached hydrogen (secondary N) is 2. The second-order valence-electron chi connectivity index (χ2n) is 7.02. The number of amides is 2. The fourth-order valence-corrected chi connectivity index (χ4v) is 3.51. The molecule has 0 radical (unpaired) electrons. The Kier molecular flexibility index (Phi) is 5.25. The summed E-state index contributed by atoms with van der Waals surface area (Å²) in [7, 11) is 0. The summed E-state index contributed by atoms with van der Waals surface area (Å²) in [5.41, 5.74) is 2.75. The van der Waals surface area contributed by atoms with Gasteiger partial charge < -0.3 is 15.7 Å². The van der Waals surface area contributed by atoms with Gasteiger partial charge in [0.25, 0.3) is 0 Å². The molecule has 0 saturated carbocycles. The lowest BCUT2D eigenvalue weighted by atomic mass is 10.1. The van der Waals surface area contributed by atoms with Crippen molar-refractivity contribution in [3.8, 4) is 10.6 Å². The van der Waals surface area contributed by atoms with Crippen molar-refractivity contribution in [1.29, 1.82) is 0 Å². The molecule has 0 aliphatic carbocycles. The number of thiazole rings is 1. The van der Waals surface area contributed by atoms with Crippen molar-refractivity contribution in [2.75, 3.05) is 11.9 Å². The van der Waals surface area contributed by atoms with E-state index in [9.17, 15) is 9.59 Å². The standard InChI is InChI=1S/C20H21N3O3S/c1-12-4-9-15-16(10-12)27-19(22-15)13-5-7-14(8-6-13)21-17(25)18(26)23-20(2,3)11-24/h4-10,24H,11H2,1-3H3,(H,21,25)(H,23,26). The van der Waals surface area contributed by atoms with E-state index in [4.69, 9.17) is 5.11 Å². The van der Waals surface area contributed by atoms with Crippen molar-refractivity contribution < 1.29 is 14.7 Å². The van der Waals surface area contributed by atoms with Gasteiger partial charge in [-0.2, -0.15) is 0 Å². The first-order valence-electron chi connectivity index (χ1n) is 8.49. The highest BCUT2D eigenvalue weighted by Crippen LogP contribution is 2.31. The maximum Gasteiger partial charge on any atom is 0.313 e. The topological polar surface area (TPSA) is 91.3 Å². The molecule has 0 fully saturated rings. The predicted molar refractivity (Wildman–Crippen MR) is 108 cm³/mol. The second-order valence-corrected chi connectivity index (χ2v) is 8.05. The molecule has 2 aromatic carbocycles. The Hall–Kier alpha value is -2.77. The largest absolute Gasteiger partial charge is 0.394 e. The molecule has 3 aromatic rings. The summed E-state index contributed by atoms with van der Waals surface area (Å²) in [6, 6.07) is 13.3. The van der Waals surface area contributed by atoms with Crippen molar-refractivity contribution in [3.05, 3.63) is 48.0 Å². The van der Waals surface area contributed by atoms with Crippen LogP contribution in [0.15, 0.2) is 42.5 Å². The van der Waals surface area contributed by atoms with Crippen LogP contribution in [-0.4, -0.2) is 34.1 Å². The lowest BCUT2D eigenvalue weighted by molar-refractivity contribution is -0.137. The van der Waals surface area contributed by atoms with Crippen LogP contribution < -0.4 is 10.6 Å². The van der Waals surface area contributed by atoms with Crippen LogP contribution in [0.1, 0.15) is 19.4 Å². The van der Waals surface area contributed by atoms with E-state index in [1.54, 1.807) is 37.3 Å².